The van der Waals surface area contributed by atoms with Crippen LogP contribution in [-0.4, -0.2) is 13.0 Å². The van der Waals surface area contributed by atoms with E-state index in [1.54, 1.807) is 19.2 Å². The Kier molecular flexibility index (Phi) is 3.58. The maximum Gasteiger partial charge on any atom is 0.248 e. The molecule has 0 atom stereocenters. The highest BCUT2D eigenvalue weighted by Crippen LogP contribution is 2.28. The normalized spacial score (nSPS) is 10.1. The van der Waals surface area contributed by atoms with Crippen molar-refractivity contribution in [2.24, 2.45) is 5.73 Å². The third kappa shape index (κ3) is 2.49. The third-order valence-electron chi connectivity index (χ3n) is 2.68. The number of nitrogens with two attached hydrogens (primary N) is 1. The first kappa shape index (κ1) is 12.5. The number of methoxy groups -OCH3 is 1. The van der Waals surface area contributed by atoms with E-state index in [2.05, 4.69) is 12.6 Å². The number of primary amides is 1. The minimum atomic E-state index is -0.425. The monoisotopic (exact) mass is 259 g/mol. The van der Waals surface area contributed by atoms with Gasteiger partial charge in [-0.2, -0.15) is 0 Å². The quantitative estimate of drug-likeness (QED) is 0.833. The molecule has 4 heteroatoms. The molecule has 0 bridgehead atoms. The second-order valence-corrected chi connectivity index (χ2v) is 4.31. The van der Waals surface area contributed by atoms with Crippen LogP contribution in [0.15, 0.2) is 47.4 Å². The van der Waals surface area contributed by atoms with Crippen LogP contribution < -0.4 is 10.5 Å². The Morgan fingerprint density at radius 1 is 1.11 bits per heavy atom. The smallest absolute Gasteiger partial charge is 0.248 e. The molecule has 0 aliphatic carbocycles. The van der Waals surface area contributed by atoms with Gasteiger partial charge >= 0.3 is 0 Å². The molecule has 0 heterocycles. The van der Waals surface area contributed by atoms with E-state index in [0.29, 0.717) is 5.56 Å². The highest BCUT2D eigenvalue weighted by Gasteiger charge is 2.04. The van der Waals surface area contributed by atoms with Crippen molar-refractivity contribution >= 4 is 18.5 Å². The number of amides is 1. The fraction of sp³-hybridized carbons (Fsp3) is 0.0714. The molecule has 0 aromatic heterocycles. The highest BCUT2D eigenvalue weighted by molar-refractivity contribution is 7.80. The van der Waals surface area contributed by atoms with Gasteiger partial charge in [-0.15, -0.1) is 12.6 Å². The Morgan fingerprint density at radius 3 is 2.22 bits per heavy atom. The van der Waals surface area contributed by atoms with Gasteiger partial charge in [0.25, 0.3) is 0 Å². The van der Waals surface area contributed by atoms with Gasteiger partial charge in [-0.05, 0) is 35.4 Å². The molecule has 2 N–H and O–H groups in total. The molecule has 2 aromatic carbocycles. The summed E-state index contributed by atoms with van der Waals surface area (Å²) in [6.07, 6.45) is 0. The Labute approximate surface area is 111 Å². The van der Waals surface area contributed by atoms with E-state index in [9.17, 15) is 4.79 Å². The minimum Gasteiger partial charge on any atom is -0.496 e. The number of carbonyl (C=O) groups is 1. The van der Waals surface area contributed by atoms with Crippen molar-refractivity contribution in [2.75, 3.05) is 7.11 Å². The van der Waals surface area contributed by atoms with Crippen molar-refractivity contribution in [3.05, 3.63) is 48.0 Å². The van der Waals surface area contributed by atoms with E-state index >= 15 is 0 Å². The second kappa shape index (κ2) is 5.14. The first-order chi connectivity index (χ1) is 8.61. The Bertz CT molecular complexity index is 579. The molecule has 18 heavy (non-hydrogen) atoms. The van der Waals surface area contributed by atoms with Crippen LogP contribution in [0.25, 0.3) is 11.1 Å². The largest absolute Gasteiger partial charge is 0.496 e. The molecule has 0 fully saturated rings. The molecule has 2 rings (SSSR count). The van der Waals surface area contributed by atoms with Crippen molar-refractivity contribution in [3.8, 4) is 16.9 Å². The Hall–Kier alpha value is -1.94. The number of carbonyl (C=O) groups excluding carboxylic acids is 1. The van der Waals surface area contributed by atoms with Crippen molar-refractivity contribution in [1.82, 2.24) is 0 Å². The van der Waals surface area contributed by atoms with Crippen LogP contribution in [0.2, 0.25) is 0 Å². The molecular weight excluding hydrogens is 246 g/mol. The molecule has 0 saturated carbocycles. The lowest BCUT2D eigenvalue weighted by atomic mass is 10.0. The van der Waals surface area contributed by atoms with Crippen molar-refractivity contribution < 1.29 is 9.53 Å². The van der Waals surface area contributed by atoms with Crippen LogP contribution in [0.4, 0.5) is 0 Å². The van der Waals surface area contributed by atoms with Gasteiger partial charge in [-0.1, -0.05) is 18.2 Å². The maximum absolute atomic E-state index is 11.0. The van der Waals surface area contributed by atoms with E-state index in [0.717, 1.165) is 21.8 Å². The first-order valence-electron chi connectivity index (χ1n) is 5.39. The average Bonchev–Trinajstić information content (AvgIpc) is 2.38. The van der Waals surface area contributed by atoms with Crippen LogP contribution in [-0.2, 0) is 0 Å². The van der Waals surface area contributed by atoms with Gasteiger partial charge in [-0.3, -0.25) is 4.79 Å². The summed E-state index contributed by atoms with van der Waals surface area (Å²) in [4.78, 5) is 11.8. The fourth-order valence-corrected chi connectivity index (χ4v) is 2.00. The zero-order valence-corrected chi connectivity index (χ0v) is 10.8. The molecule has 0 aliphatic rings. The van der Waals surface area contributed by atoms with Crippen LogP contribution in [0.1, 0.15) is 10.4 Å². The zero-order valence-electron chi connectivity index (χ0n) is 9.88. The summed E-state index contributed by atoms with van der Waals surface area (Å²) in [7, 11) is 1.61. The number of thiol groups is 1. The highest BCUT2D eigenvalue weighted by atomic mass is 32.1. The predicted octanol–water partition coefficient (Wildman–Crippen LogP) is 2.75. The number of rotatable bonds is 3. The van der Waals surface area contributed by atoms with E-state index in [1.807, 2.05) is 30.3 Å². The van der Waals surface area contributed by atoms with Gasteiger partial charge in [-0.25, -0.2) is 0 Å². The lowest BCUT2D eigenvalue weighted by Crippen LogP contribution is -2.10. The lowest BCUT2D eigenvalue weighted by Gasteiger charge is -2.07. The summed E-state index contributed by atoms with van der Waals surface area (Å²) < 4.78 is 5.15. The van der Waals surface area contributed by atoms with Gasteiger partial charge in [0.2, 0.25) is 5.91 Å². The van der Waals surface area contributed by atoms with Gasteiger partial charge in [0.1, 0.15) is 5.75 Å². The summed E-state index contributed by atoms with van der Waals surface area (Å²) in [6, 6.07) is 12.9. The van der Waals surface area contributed by atoms with Gasteiger partial charge in [0, 0.05) is 10.5 Å². The van der Waals surface area contributed by atoms with Crippen LogP contribution in [0.5, 0.6) is 5.75 Å². The summed E-state index contributed by atoms with van der Waals surface area (Å²) in [5.74, 6) is 0.307. The number of benzene rings is 2. The van der Waals surface area contributed by atoms with Crippen molar-refractivity contribution in [1.29, 1.82) is 0 Å². The average molecular weight is 259 g/mol. The van der Waals surface area contributed by atoms with Crippen molar-refractivity contribution in [2.45, 2.75) is 4.90 Å². The topological polar surface area (TPSA) is 52.3 Å². The molecule has 1 amide bonds. The molecular formula is C14H13NO2S. The fourth-order valence-electron chi connectivity index (χ4n) is 1.70. The van der Waals surface area contributed by atoms with E-state index in [4.69, 9.17) is 10.5 Å². The van der Waals surface area contributed by atoms with Crippen molar-refractivity contribution in [3.63, 3.8) is 0 Å². The lowest BCUT2D eigenvalue weighted by molar-refractivity contribution is 0.100. The standard InChI is InChI=1S/C14H13NO2S/c1-17-12-7-6-11(8-13(12)18)9-2-4-10(5-3-9)14(15)16/h2-8,18H,1H3,(H2,15,16). The predicted molar refractivity (Wildman–Crippen MR) is 74.2 cm³/mol. The molecule has 0 aliphatic heterocycles. The number of hydrogen-bond acceptors (Lipinski definition) is 3. The maximum atomic E-state index is 11.0. The van der Waals surface area contributed by atoms with E-state index in [-0.39, 0.29) is 0 Å². The van der Waals surface area contributed by atoms with Crippen LogP contribution >= 0.6 is 12.6 Å². The Balaban J connectivity index is 2.36. The number of ether oxygens (including phenoxy) is 1. The number of hydrogen-bond donors (Lipinski definition) is 2. The van der Waals surface area contributed by atoms with Crippen LogP contribution in [0, 0.1) is 0 Å². The minimum absolute atomic E-state index is 0.425. The molecule has 0 spiro atoms. The molecule has 0 saturated heterocycles. The first-order valence-corrected chi connectivity index (χ1v) is 5.84. The summed E-state index contributed by atoms with van der Waals surface area (Å²) >= 11 is 4.35. The zero-order chi connectivity index (χ0) is 13.1. The van der Waals surface area contributed by atoms with E-state index in [1.165, 1.54) is 0 Å². The summed E-state index contributed by atoms with van der Waals surface area (Å²) in [5, 5.41) is 0. The second-order valence-electron chi connectivity index (χ2n) is 3.83. The molecule has 2 aromatic rings. The third-order valence-corrected chi connectivity index (χ3v) is 3.03. The van der Waals surface area contributed by atoms with Gasteiger partial charge in [0.05, 0.1) is 7.11 Å². The van der Waals surface area contributed by atoms with E-state index < -0.39 is 5.91 Å². The summed E-state index contributed by atoms with van der Waals surface area (Å²) in [5.41, 5.74) is 7.70. The molecule has 92 valence electrons. The summed E-state index contributed by atoms with van der Waals surface area (Å²) in [6.45, 7) is 0. The molecule has 0 unspecified atom stereocenters. The SMILES string of the molecule is COc1ccc(-c2ccc(C(N)=O)cc2)cc1S. The van der Waals surface area contributed by atoms with Gasteiger partial charge < -0.3 is 10.5 Å². The molecule has 3 nitrogen and oxygen atoms in total. The van der Waals surface area contributed by atoms with Gasteiger partial charge in [0.15, 0.2) is 0 Å². The van der Waals surface area contributed by atoms with Crippen LogP contribution in [0.3, 0.4) is 0 Å². The Morgan fingerprint density at radius 2 is 1.72 bits per heavy atom. The molecule has 0 radical (unpaired) electrons.